The highest BCUT2D eigenvalue weighted by Crippen LogP contribution is 2.20. The highest BCUT2D eigenvalue weighted by molar-refractivity contribution is 5.87. The predicted octanol–water partition coefficient (Wildman–Crippen LogP) is 2.94. The number of ether oxygens (including phenoxy) is 1. The van der Waals surface area contributed by atoms with Gasteiger partial charge in [0.25, 0.3) is 5.56 Å². The van der Waals surface area contributed by atoms with Gasteiger partial charge in [-0.05, 0) is 35.7 Å². The standard InChI is InChI=1S/C31H31N7O4/c1-20(2)29(36-21(3)39)31(41)33-12-13-42-26-17-34-30(35-18-26)25-9-5-7-23(15-25)19-38-28(40)11-10-27(37-38)24-8-4-6-22(14-24)16-32/h4-11,14-15,17-18,20,29H,12-13,19H2,1-3H3,(H,33,41)(H,36,39). The van der Waals surface area contributed by atoms with Gasteiger partial charge < -0.3 is 15.4 Å². The van der Waals surface area contributed by atoms with Crippen molar-refractivity contribution in [2.24, 2.45) is 5.92 Å². The molecular weight excluding hydrogens is 534 g/mol. The first-order valence-corrected chi connectivity index (χ1v) is 13.4. The van der Waals surface area contributed by atoms with E-state index in [2.05, 4.69) is 31.8 Å². The zero-order chi connectivity index (χ0) is 30.1. The van der Waals surface area contributed by atoms with Gasteiger partial charge in [-0.1, -0.05) is 44.2 Å². The van der Waals surface area contributed by atoms with Crippen molar-refractivity contribution in [1.82, 2.24) is 30.4 Å². The number of hydrogen-bond donors (Lipinski definition) is 2. The molecule has 0 bridgehead atoms. The Kier molecular flexibility index (Phi) is 9.73. The molecule has 1 unspecified atom stereocenters. The molecule has 4 aromatic rings. The van der Waals surface area contributed by atoms with E-state index in [1.807, 2.05) is 44.2 Å². The van der Waals surface area contributed by atoms with E-state index < -0.39 is 6.04 Å². The van der Waals surface area contributed by atoms with Gasteiger partial charge in [-0.25, -0.2) is 14.6 Å². The Morgan fingerprint density at radius 1 is 1.02 bits per heavy atom. The lowest BCUT2D eigenvalue weighted by atomic mass is 10.0. The molecule has 0 spiro atoms. The van der Waals surface area contributed by atoms with Crippen molar-refractivity contribution in [2.75, 3.05) is 13.2 Å². The highest BCUT2D eigenvalue weighted by Gasteiger charge is 2.22. The van der Waals surface area contributed by atoms with E-state index in [1.54, 1.807) is 36.7 Å². The fourth-order valence-corrected chi connectivity index (χ4v) is 4.19. The molecule has 0 saturated heterocycles. The molecule has 0 aliphatic heterocycles. The summed E-state index contributed by atoms with van der Waals surface area (Å²) in [6, 6.07) is 19.2. The molecule has 2 aromatic carbocycles. The first-order chi connectivity index (χ1) is 20.2. The van der Waals surface area contributed by atoms with Crippen molar-refractivity contribution in [1.29, 1.82) is 5.26 Å². The Morgan fingerprint density at radius 3 is 2.48 bits per heavy atom. The number of nitrogens with one attached hydrogen (secondary N) is 2. The third-order valence-corrected chi connectivity index (χ3v) is 6.28. The van der Waals surface area contributed by atoms with Crippen molar-refractivity contribution < 1.29 is 14.3 Å². The zero-order valence-electron chi connectivity index (χ0n) is 23.6. The zero-order valence-corrected chi connectivity index (χ0v) is 23.6. The van der Waals surface area contributed by atoms with Crippen LogP contribution in [0.3, 0.4) is 0 Å². The SMILES string of the molecule is CC(=O)NC(C(=O)NCCOc1cnc(-c2cccc(Cn3nc(-c4cccc(C#N)c4)ccc3=O)c2)nc1)C(C)C. The van der Waals surface area contributed by atoms with E-state index in [0.717, 1.165) is 16.7 Å². The molecule has 2 N–H and O–H groups in total. The summed E-state index contributed by atoms with van der Waals surface area (Å²) in [4.78, 5) is 45.1. The summed E-state index contributed by atoms with van der Waals surface area (Å²) in [6.07, 6.45) is 3.10. The average molecular weight is 566 g/mol. The first kappa shape index (κ1) is 29.6. The second-order valence-corrected chi connectivity index (χ2v) is 9.91. The van der Waals surface area contributed by atoms with E-state index in [4.69, 9.17) is 4.74 Å². The third-order valence-electron chi connectivity index (χ3n) is 6.28. The fraction of sp³-hybridized carbons (Fsp3) is 0.258. The summed E-state index contributed by atoms with van der Waals surface area (Å²) < 4.78 is 7.03. The number of nitriles is 1. The molecule has 2 aromatic heterocycles. The van der Waals surface area contributed by atoms with Crippen LogP contribution in [0.5, 0.6) is 5.75 Å². The molecule has 2 amide bonds. The van der Waals surface area contributed by atoms with Crippen LogP contribution in [0.25, 0.3) is 22.6 Å². The number of nitrogens with zero attached hydrogens (tertiary/aromatic N) is 5. The minimum absolute atomic E-state index is 0.0513. The van der Waals surface area contributed by atoms with Gasteiger partial charge in [-0.2, -0.15) is 10.4 Å². The third kappa shape index (κ3) is 7.85. The number of carbonyl (C=O) groups is 2. The van der Waals surface area contributed by atoms with E-state index in [1.165, 1.54) is 17.7 Å². The van der Waals surface area contributed by atoms with E-state index in [-0.39, 0.29) is 43.0 Å². The van der Waals surface area contributed by atoms with Crippen LogP contribution < -0.4 is 20.9 Å². The van der Waals surface area contributed by atoms with Crippen LogP contribution >= 0.6 is 0 Å². The van der Waals surface area contributed by atoms with E-state index >= 15 is 0 Å². The van der Waals surface area contributed by atoms with Crippen LogP contribution in [0.4, 0.5) is 0 Å². The molecule has 2 heterocycles. The number of amides is 2. The summed E-state index contributed by atoms with van der Waals surface area (Å²) in [5, 5.41) is 19.1. The van der Waals surface area contributed by atoms with Crippen LogP contribution in [-0.4, -0.2) is 50.8 Å². The van der Waals surface area contributed by atoms with Gasteiger partial charge in [0.05, 0.1) is 42.8 Å². The maximum atomic E-state index is 12.5. The molecule has 4 rings (SSSR count). The Bertz CT molecular complexity index is 1660. The molecule has 1 atom stereocenters. The van der Waals surface area contributed by atoms with Gasteiger partial charge in [-0.15, -0.1) is 0 Å². The second-order valence-electron chi connectivity index (χ2n) is 9.91. The Morgan fingerprint density at radius 2 is 1.76 bits per heavy atom. The molecule has 0 radical (unpaired) electrons. The first-order valence-electron chi connectivity index (χ1n) is 13.4. The van der Waals surface area contributed by atoms with Crippen LogP contribution in [0, 0.1) is 17.2 Å². The maximum Gasteiger partial charge on any atom is 0.267 e. The molecule has 42 heavy (non-hydrogen) atoms. The van der Waals surface area contributed by atoms with Crippen molar-refractivity contribution in [3.8, 4) is 34.5 Å². The molecule has 0 saturated carbocycles. The smallest absolute Gasteiger partial charge is 0.267 e. The normalized spacial score (nSPS) is 11.4. The van der Waals surface area contributed by atoms with Crippen molar-refractivity contribution in [3.63, 3.8) is 0 Å². The van der Waals surface area contributed by atoms with Gasteiger partial charge >= 0.3 is 0 Å². The molecule has 214 valence electrons. The molecular formula is C31H31N7O4. The molecule has 0 aliphatic carbocycles. The van der Waals surface area contributed by atoms with Crippen LogP contribution in [-0.2, 0) is 16.1 Å². The minimum atomic E-state index is -0.610. The number of hydrogen-bond acceptors (Lipinski definition) is 8. The molecule has 0 fully saturated rings. The van der Waals surface area contributed by atoms with E-state index in [0.29, 0.717) is 22.8 Å². The van der Waals surface area contributed by atoms with Crippen LogP contribution in [0.1, 0.15) is 31.9 Å². The minimum Gasteiger partial charge on any atom is -0.489 e. The quantitative estimate of drug-likeness (QED) is 0.263. The molecule has 0 aliphatic rings. The van der Waals surface area contributed by atoms with Gasteiger partial charge in [0, 0.05) is 24.1 Å². The summed E-state index contributed by atoms with van der Waals surface area (Å²) in [7, 11) is 0. The average Bonchev–Trinajstić information content (AvgIpc) is 2.99. The summed E-state index contributed by atoms with van der Waals surface area (Å²) in [6.45, 7) is 5.80. The Labute approximate surface area is 243 Å². The van der Waals surface area contributed by atoms with Gasteiger partial charge in [0.15, 0.2) is 11.6 Å². The van der Waals surface area contributed by atoms with Crippen molar-refractivity contribution in [3.05, 3.63) is 94.5 Å². The number of rotatable bonds is 11. The van der Waals surface area contributed by atoms with Crippen LogP contribution in [0.15, 0.2) is 77.9 Å². The summed E-state index contributed by atoms with van der Waals surface area (Å²) >= 11 is 0. The monoisotopic (exact) mass is 565 g/mol. The fourth-order valence-electron chi connectivity index (χ4n) is 4.19. The summed E-state index contributed by atoms with van der Waals surface area (Å²) in [5.41, 5.74) is 3.21. The van der Waals surface area contributed by atoms with Gasteiger partial charge in [0.2, 0.25) is 11.8 Å². The Balaban J connectivity index is 1.37. The van der Waals surface area contributed by atoms with Crippen molar-refractivity contribution in [2.45, 2.75) is 33.4 Å². The van der Waals surface area contributed by atoms with Crippen molar-refractivity contribution >= 4 is 11.8 Å². The number of aromatic nitrogens is 4. The summed E-state index contributed by atoms with van der Waals surface area (Å²) in [5.74, 6) is 0.341. The highest BCUT2D eigenvalue weighted by atomic mass is 16.5. The van der Waals surface area contributed by atoms with Gasteiger partial charge in [-0.3, -0.25) is 14.4 Å². The number of carbonyl (C=O) groups excluding carboxylic acids is 2. The second kappa shape index (κ2) is 13.8. The Hall–Kier alpha value is -5.37. The maximum absolute atomic E-state index is 12.5. The lowest BCUT2D eigenvalue weighted by molar-refractivity contribution is -0.129. The lowest BCUT2D eigenvalue weighted by Gasteiger charge is -2.20. The van der Waals surface area contributed by atoms with Gasteiger partial charge in [0.1, 0.15) is 12.6 Å². The van der Waals surface area contributed by atoms with Crippen LogP contribution in [0.2, 0.25) is 0 Å². The molecule has 11 nitrogen and oxygen atoms in total. The largest absolute Gasteiger partial charge is 0.489 e. The van der Waals surface area contributed by atoms with E-state index in [9.17, 15) is 19.6 Å². The topological polar surface area (TPSA) is 152 Å². The lowest BCUT2D eigenvalue weighted by Crippen LogP contribution is -2.49. The molecule has 11 heteroatoms. The number of benzene rings is 2. The predicted molar refractivity (Wildman–Crippen MR) is 156 cm³/mol.